The Labute approximate surface area is 271 Å². The summed E-state index contributed by atoms with van der Waals surface area (Å²) in [5.74, 6) is 0. The van der Waals surface area contributed by atoms with Crippen molar-refractivity contribution in [2.45, 2.75) is 205 Å². The Hall–Kier alpha value is 0.411. The smallest absolute Gasteiger partial charge is 0.201 e. The van der Waals surface area contributed by atoms with Gasteiger partial charge in [0.15, 0.2) is 14.6 Å². The third kappa shape index (κ3) is 8.11. The molecule has 0 aromatic heterocycles. The fraction of sp³-hybridized carbons (Fsp3) is 1.00. The van der Waals surface area contributed by atoms with E-state index in [1.807, 2.05) is 0 Å². The Morgan fingerprint density at radius 3 is 1.09 bits per heavy atom. The van der Waals surface area contributed by atoms with Gasteiger partial charge in [0.1, 0.15) is 24.4 Å². The Morgan fingerprint density at radius 1 is 0.512 bits per heavy atom. The van der Waals surface area contributed by atoms with Gasteiger partial charge in [0.25, 0.3) is 0 Å². The normalized spacial score (nSPS) is 24.9. The van der Waals surface area contributed by atoms with Crippen molar-refractivity contribution in [1.82, 2.24) is 0 Å². The minimum Gasteiger partial charge on any atom is -0.413 e. The summed E-state index contributed by atoms with van der Waals surface area (Å²) in [6.07, 6.45) is -3.25. The van der Waals surface area contributed by atoms with Gasteiger partial charge < -0.3 is 27.9 Å². The third-order valence-electron chi connectivity index (χ3n) is 11.1. The zero-order valence-corrected chi connectivity index (χ0v) is 34.8. The minimum absolute atomic E-state index is 0.364. The number of methoxy groups -OCH3 is 1. The Bertz CT molecular complexity index is 747. The van der Waals surface area contributed by atoms with Gasteiger partial charge in [-0.2, -0.15) is 0 Å². The quantitative estimate of drug-likeness (QED) is 0.156. The summed E-state index contributed by atoms with van der Waals surface area (Å²) >= 11 is 0. The molecule has 0 bridgehead atoms. The highest BCUT2D eigenvalue weighted by Crippen LogP contribution is 2.48. The topological polar surface area (TPSA) is 66.4 Å². The number of hydrogen-bond donors (Lipinski definition) is 1. The van der Waals surface area contributed by atoms with Crippen LogP contribution >= 0.6 is 0 Å². The highest BCUT2D eigenvalue weighted by Gasteiger charge is 2.57. The fourth-order valence-corrected chi connectivity index (χ4v) is 26.1. The number of rotatable bonds is 17. The maximum atomic E-state index is 12.5. The molecule has 1 aliphatic rings. The molecule has 1 saturated heterocycles. The first-order chi connectivity index (χ1) is 19.6. The summed E-state index contributed by atoms with van der Waals surface area (Å²) in [5.41, 5.74) is 3.53. The molecule has 1 heterocycles. The average Bonchev–Trinajstić information content (AvgIpc) is 2.85. The number of ether oxygens (including phenoxy) is 2. The second kappa shape index (κ2) is 16.5. The van der Waals surface area contributed by atoms with Crippen LogP contribution in [-0.2, 0) is 22.8 Å². The average molecular weight is 663 g/mol. The van der Waals surface area contributed by atoms with Crippen molar-refractivity contribution in [2.75, 3.05) is 13.7 Å². The van der Waals surface area contributed by atoms with Gasteiger partial charge in [-0.15, -0.1) is 0 Å². The predicted molar refractivity (Wildman–Crippen MR) is 191 cm³/mol. The van der Waals surface area contributed by atoms with Crippen LogP contribution in [0, 0.1) is 0 Å². The van der Waals surface area contributed by atoms with E-state index in [1.165, 1.54) is 0 Å². The molecule has 0 radical (unpaired) electrons. The van der Waals surface area contributed by atoms with Crippen molar-refractivity contribution in [3.05, 3.63) is 0 Å². The van der Waals surface area contributed by atoms with Crippen LogP contribution in [0.3, 0.4) is 0 Å². The first-order valence-corrected chi connectivity index (χ1v) is 23.9. The van der Waals surface area contributed by atoms with Gasteiger partial charge in [0, 0.05) is 7.11 Å². The Balaban J connectivity index is 3.80. The van der Waals surface area contributed by atoms with Crippen molar-refractivity contribution in [2.24, 2.45) is 0 Å². The lowest BCUT2D eigenvalue weighted by Crippen LogP contribution is -2.67. The van der Waals surface area contributed by atoms with Crippen LogP contribution in [0.2, 0.25) is 49.9 Å². The lowest BCUT2D eigenvalue weighted by Gasteiger charge is -2.54. The van der Waals surface area contributed by atoms with Crippen LogP contribution in [-0.4, -0.2) is 74.5 Å². The third-order valence-corrected chi connectivity index (χ3v) is 29.4. The molecular weight excluding hydrogens is 589 g/mol. The molecule has 0 amide bonds. The second-order valence-corrected chi connectivity index (χ2v) is 32.5. The van der Waals surface area contributed by atoms with Gasteiger partial charge in [-0.1, -0.05) is 125 Å². The summed E-state index contributed by atoms with van der Waals surface area (Å²) in [6.45, 7) is 41.6. The molecule has 0 saturated carbocycles. The molecule has 0 aromatic carbocycles. The molecule has 6 nitrogen and oxygen atoms in total. The van der Waals surface area contributed by atoms with Gasteiger partial charge in [-0.3, -0.25) is 0 Å². The fourth-order valence-electron chi connectivity index (χ4n) is 9.50. The number of hydrogen-bond acceptors (Lipinski definition) is 6. The van der Waals surface area contributed by atoms with E-state index in [9.17, 15) is 5.11 Å². The maximum absolute atomic E-state index is 12.5. The van der Waals surface area contributed by atoms with E-state index in [0.717, 1.165) is 0 Å². The van der Waals surface area contributed by atoms with Crippen LogP contribution < -0.4 is 0 Å². The molecule has 1 rings (SSSR count). The standard InChI is InChI=1S/C34H74O6Si3/c1-21(2)41(22(3)4,23(5)6)37-20-30-32(39-42(24(7)8,25(9)10)26(11)12)31(35)33(34(36-19)38-30)40-43(27(13)14,28(15)16)29(17)18/h21-35H,20H2,1-19H3/t30-,31+,32-,33-,34+/m1/s1. The highest BCUT2D eigenvalue weighted by molar-refractivity contribution is 6.78. The summed E-state index contributed by atoms with van der Waals surface area (Å²) in [6, 6.07) is 0. The van der Waals surface area contributed by atoms with E-state index in [-0.39, 0.29) is 0 Å². The SMILES string of the molecule is CO[C@H]1O[C@H](CO[Si](C(C)C)(C(C)C)C(C)C)[C@@H](O[Si](C(C)C)(C(C)C)C(C)C)[C@H](O)[C@H]1O[Si](C(C)C)(C(C)C)C(C)C. The van der Waals surface area contributed by atoms with Crippen molar-refractivity contribution in [1.29, 1.82) is 0 Å². The summed E-state index contributed by atoms with van der Waals surface area (Å²) in [7, 11) is -5.29. The molecule has 43 heavy (non-hydrogen) atoms. The van der Waals surface area contributed by atoms with E-state index in [0.29, 0.717) is 56.5 Å². The van der Waals surface area contributed by atoms with Gasteiger partial charge >= 0.3 is 0 Å². The first kappa shape index (κ1) is 41.4. The van der Waals surface area contributed by atoms with Gasteiger partial charge in [-0.25, -0.2) is 0 Å². The molecular formula is C34H74O6Si3. The molecule has 5 atom stereocenters. The molecule has 0 unspecified atom stereocenters. The molecule has 9 heteroatoms. The molecule has 1 fully saturated rings. The van der Waals surface area contributed by atoms with E-state index in [2.05, 4.69) is 125 Å². The van der Waals surface area contributed by atoms with Crippen LogP contribution in [0.5, 0.6) is 0 Å². The Morgan fingerprint density at radius 2 is 0.814 bits per heavy atom. The van der Waals surface area contributed by atoms with Gasteiger partial charge in [0.2, 0.25) is 16.6 Å². The van der Waals surface area contributed by atoms with E-state index in [1.54, 1.807) is 7.11 Å². The van der Waals surface area contributed by atoms with E-state index >= 15 is 0 Å². The molecule has 0 spiro atoms. The van der Waals surface area contributed by atoms with E-state index < -0.39 is 55.7 Å². The molecule has 1 aliphatic heterocycles. The largest absolute Gasteiger partial charge is 0.413 e. The lowest BCUT2D eigenvalue weighted by molar-refractivity contribution is -0.288. The zero-order chi connectivity index (χ0) is 33.8. The zero-order valence-electron chi connectivity index (χ0n) is 31.8. The van der Waals surface area contributed by atoms with Crippen molar-refractivity contribution >= 4 is 25.0 Å². The van der Waals surface area contributed by atoms with Crippen LogP contribution in [0.25, 0.3) is 0 Å². The summed E-state index contributed by atoms with van der Waals surface area (Å²) < 4.78 is 34.7. The molecule has 1 N–H and O–H groups in total. The number of aliphatic hydroxyl groups excluding tert-OH is 1. The van der Waals surface area contributed by atoms with Crippen LogP contribution in [0.15, 0.2) is 0 Å². The monoisotopic (exact) mass is 662 g/mol. The Kier molecular flexibility index (Phi) is 15.9. The van der Waals surface area contributed by atoms with Crippen LogP contribution in [0.1, 0.15) is 125 Å². The summed E-state index contributed by atoms with van der Waals surface area (Å²) in [4.78, 5) is 0. The van der Waals surface area contributed by atoms with Crippen molar-refractivity contribution < 1.29 is 27.9 Å². The maximum Gasteiger partial charge on any atom is 0.201 e. The van der Waals surface area contributed by atoms with Crippen molar-refractivity contribution in [3.63, 3.8) is 0 Å². The molecule has 0 aliphatic carbocycles. The summed E-state index contributed by atoms with van der Waals surface area (Å²) in [5, 5.41) is 12.5. The predicted octanol–water partition coefficient (Wildman–Crippen LogP) is 10.0. The number of aliphatic hydroxyl groups is 1. The van der Waals surface area contributed by atoms with Gasteiger partial charge in [0.05, 0.1) is 6.61 Å². The lowest BCUT2D eigenvalue weighted by atomic mass is 9.99. The van der Waals surface area contributed by atoms with Gasteiger partial charge in [-0.05, 0) is 49.9 Å². The van der Waals surface area contributed by atoms with Crippen molar-refractivity contribution in [3.8, 4) is 0 Å². The molecule has 0 aromatic rings. The first-order valence-electron chi connectivity index (χ1n) is 17.5. The van der Waals surface area contributed by atoms with Crippen LogP contribution in [0.4, 0.5) is 0 Å². The molecule has 258 valence electrons. The minimum atomic E-state index is -2.39. The van der Waals surface area contributed by atoms with E-state index in [4.69, 9.17) is 22.8 Å². The second-order valence-electron chi connectivity index (χ2n) is 16.2. The highest BCUT2D eigenvalue weighted by atomic mass is 28.4.